The average molecular weight is 322 g/mol. The van der Waals surface area contributed by atoms with Crippen LogP contribution in [-0.4, -0.2) is 51.4 Å². The Morgan fingerprint density at radius 1 is 1.36 bits per heavy atom. The first kappa shape index (κ1) is 16.9. The molecule has 0 bridgehead atoms. The van der Waals surface area contributed by atoms with Crippen LogP contribution in [0.3, 0.4) is 0 Å². The molecule has 1 unspecified atom stereocenters. The Kier molecular flexibility index (Phi) is 5.95. The summed E-state index contributed by atoms with van der Waals surface area (Å²) in [6, 6.07) is 8.08. The summed E-state index contributed by atoms with van der Waals surface area (Å²) in [5, 5.41) is 8.76. The highest BCUT2D eigenvalue weighted by Crippen LogP contribution is 2.16. The summed E-state index contributed by atoms with van der Waals surface area (Å²) >= 11 is 0. The van der Waals surface area contributed by atoms with Crippen molar-refractivity contribution in [3.05, 3.63) is 29.8 Å². The van der Waals surface area contributed by atoms with E-state index in [1.807, 2.05) is 13.0 Å². The summed E-state index contributed by atoms with van der Waals surface area (Å²) in [6.45, 7) is 4.92. The van der Waals surface area contributed by atoms with Crippen molar-refractivity contribution in [1.29, 1.82) is 5.26 Å². The van der Waals surface area contributed by atoms with Gasteiger partial charge in [0.2, 0.25) is 0 Å². The highest BCUT2D eigenvalue weighted by atomic mass is 32.2. The van der Waals surface area contributed by atoms with Crippen molar-refractivity contribution in [3.8, 4) is 6.07 Å². The summed E-state index contributed by atoms with van der Waals surface area (Å²) in [7, 11) is -3.31. The average Bonchev–Trinajstić information content (AvgIpc) is 2.54. The molecule has 1 aromatic carbocycles. The van der Waals surface area contributed by atoms with Crippen molar-refractivity contribution in [2.45, 2.75) is 30.8 Å². The summed E-state index contributed by atoms with van der Waals surface area (Å²) in [5.41, 5.74) is 0.467. The molecule has 1 saturated heterocycles. The van der Waals surface area contributed by atoms with Crippen molar-refractivity contribution < 1.29 is 13.2 Å². The lowest BCUT2D eigenvalue weighted by Crippen LogP contribution is -2.41. The van der Waals surface area contributed by atoms with E-state index in [4.69, 9.17) is 10.00 Å². The third-order valence-corrected chi connectivity index (χ3v) is 5.59. The summed E-state index contributed by atoms with van der Waals surface area (Å²) < 4.78 is 30.3. The minimum atomic E-state index is -3.31. The van der Waals surface area contributed by atoms with Crippen molar-refractivity contribution in [1.82, 2.24) is 4.90 Å². The second kappa shape index (κ2) is 7.73. The van der Waals surface area contributed by atoms with Crippen LogP contribution in [0.2, 0.25) is 0 Å². The summed E-state index contributed by atoms with van der Waals surface area (Å²) in [4.78, 5) is 2.44. The molecule has 0 spiro atoms. The maximum Gasteiger partial charge on any atom is 0.179 e. The van der Waals surface area contributed by atoms with E-state index < -0.39 is 9.84 Å². The first-order valence-corrected chi connectivity index (χ1v) is 9.27. The molecule has 1 heterocycles. The normalized spacial score (nSPS) is 19.7. The smallest absolute Gasteiger partial charge is 0.179 e. The minimum absolute atomic E-state index is 0.0950. The van der Waals surface area contributed by atoms with Crippen molar-refractivity contribution >= 4 is 9.84 Å². The first-order chi connectivity index (χ1) is 10.5. The Bertz CT molecular complexity index is 618. The van der Waals surface area contributed by atoms with Crippen LogP contribution in [0.15, 0.2) is 29.2 Å². The topological polar surface area (TPSA) is 70.4 Å². The number of sulfone groups is 1. The number of nitrogens with zero attached hydrogens (tertiary/aromatic N) is 2. The van der Waals surface area contributed by atoms with Gasteiger partial charge in [-0.05, 0) is 50.6 Å². The molecule has 0 radical (unpaired) electrons. The molecule has 0 aliphatic carbocycles. The molecule has 1 aliphatic heterocycles. The fraction of sp³-hybridized carbons (Fsp3) is 0.562. The van der Waals surface area contributed by atoms with E-state index in [1.165, 1.54) is 12.1 Å². The van der Waals surface area contributed by atoms with E-state index in [-0.39, 0.29) is 16.8 Å². The number of benzene rings is 1. The Morgan fingerprint density at radius 3 is 2.73 bits per heavy atom. The van der Waals surface area contributed by atoms with Gasteiger partial charge in [-0.3, -0.25) is 4.90 Å². The number of nitriles is 1. The lowest BCUT2D eigenvalue weighted by Gasteiger charge is -2.32. The number of ether oxygens (including phenoxy) is 1. The van der Waals surface area contributed by atoms with Crippen molar-refractivity contribution in [2.75, 3.05) is 32.0 Å². The van der Waals surface area contributed by atoms with Gasteiger partial charge in [0.25, 0.3) is 0 Å². The van der Waals surface area contributed by atoms with Gasteiger partial charge in [-0.15, -0.1) is 0 Å². The maximum atomic E-state index is 12.3. The van der Waals surface area contributed by atoms with Crippen LogP contribution in [0.4, 0.5) is 0 Å². The molecule has 0 saturated carbocycles. The molecule has 1 aromatic rings. The van der Waals surface area contributed by atoms with E-state index >= 15 is 0 Å². The van der Waals surface area contributed by atoms with Crippen LogP contribution in [-0.2, 0) is 14.6 Å². The molecule has 2 rings (SSSR count). The Balaban J connectivity index is 1.93. The molecule has 1 atom stereocenters. The number of rotatable bonds is 6. The van der Waals surface area contributed by atoms with Gasteiger partial charge < -0.3 is 4.74 Å². The van der Waals surface area contributed by atoms with E-state index in [1.54, 1.807) is 12.1 Å². The molecular formula is C16H22N2O3S. The molecule has 120 valence electrons. The predicted octanol–water partition coefficient (Wildman–Crippen LogP) is 1.83. The zero-order valence-electron chi connectivity index (χ0n) is 12.9. The van der Waals surface area contributed by atoms with Gasteiger partial charge in [-0.1, -0.05) is 0 Å². The highest BCUT2D eigenvalue weighted by molar-refractivity contribution is 7.91. The van der Waals surface area contributed by atoms with E-state index in [2.05, 4.69) is 4.90 Å². The van der Waals surface area contributed by atoms with Gasteiger partial charge in [-0.25, -0.2) is 8.42 Å². The Morgan fingerprint density at radius 2 is 2.09 bits per heavy atom. The number of hydrogen-bond donors (Lipinski definition) is 0. The lowest BCUT2D eigenvalue weighted by molar-refractivity contribution is 0.00770. The summed E-state index contributed by atoms with van der Waals surface area (Å²) in [6.07, 6.45) is 2.31. The maximum absolute atomic E-state index is 12.3. The molecule has 5 nitrogen and oxygen atoms in total. The minimum Gasteiger partial charge on any atom is -0.377 e. The molecule has 0 aromatic heterocycles. The van der Waals surface area contributed by atoms with Crippen molar-refractivity contribution in [2.24, 2.45) is 0 Å². The SMILES string of the molecule is CCOC1CCCN(CCS(=O)(=O)c2ccc(C#N)cc2)C1. The van der Waals surface area contributed by atoms with Crippen LogP contribution in [0.1, 0.15) is 25.3 Å². The second-order valence-electron chi connectivity index (χ2n) is 5.48. The fourth-order valence-electron chi connectivity index (χ4n) is 2.69. The van der Waals surface area contributed by atoms with Gasteiger partial charge in [0, 0.05) is 19.7 Å². The molecule has 22 heavy (non-hydrogen) atoms. The van der Waals surface area contributed by atoms with Gasteiger partial charge in [0.1, 0.15) is 0 Å². The molecular weight excluding hydrogens is 300 g/mol. The number of likely N-dealkylation sites (tertiary alicyclic amines) is 1. The van der Waals surface area contributed by atoms with Gasteiger partial charge in [0.05, 0.1) is 28.4 Å². The second-order valence-corrected chi connectivity index (χ2v) is 7.58. The largest absolute Gasteiger partial charge is 0.377 e. The van der Waals surface area contributed by atoms with E-state index in [9.17, 15) is 8.42 Å². The first-order valence-electron chi connectivity index (χ1n) is 7.62. The van der Waals surface area contributed by atoms with E-state index in [0.717, 1.165) is 25.9 Å². The zero-order chi connectivity index (χ0) is 16.0. The quantitative estimate of drug-likeness (QED) is 0.799. The summed E-state index contributed by atoms with van der Waals surface area (Å²) in [5.74, 6) is 0.0950. The molecule has 0 amide bonds. The number of hydrogen-bond acceptors (Lipinski definition) is 5. The lowest BCUT2D eigenvalue weighted by atomic mass is 10.1. The molecule has 1 fully saturated rings. The third-order valence-electron chi connectivity index (χ3n) is 3.88. The van der Waals surface area contributed by atoms with Gasteiger partial charge in [0.15, 0.2) is 9.84 Å². The molecule has 6 heteroatoms. The van der Waals surface area contributed by atoms with Crippen LogP contribution >= 0.6 is 0 Å². The fourth-order valence-corrected chi connectivity index (χ4v) is 3.98. The zero-order valence-corrected chi connectivity index (χ0v) is 13.7. The van der Waals surface area contributed by atoms with Crippen LogP contribution in [0.5, 0.6) is 0 Å². The standard InChI is InChI=1S/C16H22N2O3S/c1-2-21-15-4-3-9-18(13-15)10-11-22(19,20)16-7-5-14(12-17)6-8-16/h5-8,15H,2-4,9-11,13H2,1H3. The highest BCUT2D eigenvalue weighted by Gasteiger charge is 2.22. The van der Waals surface area contributed by atoms with Gasteiger partial charge in [-0.2, -0.15) is 5.26 Å². The number of piperidine rings is 1. The Hall–Kier alpha value is -1.42. The third kappa shape index (κ3) is 4.54. The molecule has 0 N–H and O–H groups in total. The van der Waals surface area contributed by atoms with Crippen molar-refractivity contribution in [3.63, 3.8) is 0 Å². The monoisotopic (exact) mass is 322 g/mol. The Labute approximate surface area is 132 Å². The van der Waals surface area contributed by atoms with Crippen LogP contribution in [0.25, 0.3) is 0 Å². The van der Waals surface area contributed by atoms with Gasteiger partial charge >= 0.3 is 0 Å². The van der Waals surface area contributed by atoms with E-state index in [0.29, 0.717) is 18.7 Å². The molecule has 1 aliphatic rings. The van der Waals surface area contributed by atoms with Crippen LogP contribution < -0.4 is 0 Å². The predicted molar refractivity (Wildman–Crippen MR) is 84.3 cm³/mol. The van der Waals surface area contributed by atoms with Crippen LogP contribution in [0, 0.1) is 11.3 Å².